The van der Waals surface area contributed by atoms with Crippen LogP contribution < -0.4 is 9.62 Å². The van der Waals surface area contributed by atoms with E-state index in [1.807, 2.05) is 4.31 Å². The second-order valence-electron chi connectivity index (χ2n) is 8.65. The Kier molecular flexibility index (Phi) is 8.10. The standard InChI is InChI=1S/C23H22Cl2F5N5OS/c1-34-20(25)18(19(33-34)21(26)27)22(36)31-12-4-6-13(7-5-12)35(37-2)16-10-17(23(28,29)30)32-15-8-3-11(24)9-14(15)16/h3,8-10,12-13,21H,4-7H2,1-2H3,(H,31,36). The predicted octanol–water partition coefficient (Wildman–Crippen LogP) is 7.06. The van der Waals surface area contributed by atoms with E-state index in [0.717, 1.165) is 10.7 Å². The molecule has 37 heavy (non-hydrogen) atoms. The van der Waals surface area contributed by atoms with Crippen LogP contribution in [0.3, 0.4) is 0 Å². The van der Waals surface area contributed by atoms with E-state index in [2.05, 4.69) is 15.4 Å². The van der Waals surface area contributed by atoms with Crippen LogP contribution in [0.2, 0.25) is 10.2 Å². The van der Waals surface area contributed by atoms with Crippen molar-refractivity contribution in [3.05, 3.63) is 51.4 Å². The van der Waals surface area contributed by atoms with Crippen molar-refractivity contribution in [2.24, 2.45) is 7.05 Å². The lowest BCUT2D eigenvalue weighted by Crippen LogP contribution is -2.42. The van der Waals surface area contributed by atoms with Crippen LogP contribution in [0.1, 0.15) is 53.9 Å². The summed E-state index contributed by atoms with van der Waals surface area (Å²) in [5.41, 5.74) is -1.51. The molecule has 200 valence electrons. The number of anilines is 1. The maximum Gasteiger partial charge on any atom is 0.433 e. The maximum absolute atomic E-state index is 13.6. The van der Waals surface area contributed by atoms with Gasteiger partial charge in [-0.3, -0.25) is 9.48 Å². The van der Waals surface area contributed by atoms with E-state index < -0.39 is 29.9 Å². The molecule has 0 atom stereocenters. The molecule has 0 spiro atoms. The van der Waals surface area contributed by atoms with E-state index >= 15 is 0 Å². The molecule has 3 aromatic rings. The predicted molar refractivity (Wildman–Crippen MR) is 134 cm³/mol. The van der Waals surface area contributed by atoms with Crippen LogP contribution in [0.4, 0.5) is 27.6 Å². The second-order valence-corrected chi connectivity index (χ2v) is 10.2. The Hall–Kier alpha value is -2.31. The minimum atomic E-state index is -4.63. The van der Waals surface area contributed by atoms with Crippen molar-refractivity contribution in [1.82, 2.24) is 20.1 Å². The summed E-state index contributed by atoms with van der Waals surface area (Å²) < 4.78 is 70.3. The van der Waals surface area contributed by atoms with Crippen LogP contribution in [0.15, 0.2) is 24.3 Å². The molecule has 1 amide bonds. The summed E-state index contributed by atoms with van der Waals surface area (Å²) in [5, 5.41) is 7.07. The van der Waals surface area contributed by atoms with Gasteiger partial charge in [-0.1, -0.05) is 35.1 Å². The number of benzene rings is 1. The molecular formula is C23H22Cl2F5N5OS. The molecule has 1 fully saturated rings. The van der Waals surface area contributed by atoms with Gasteiger partial charge in [0.1, 0.15) is 22.1 Å². The number of pyridine rings is 1. The highest BCUT2D eigenvalue weighted by Gasteiger charge is 2.36. The van der Waals surface area contributed by atoms with Crippen molar-refractivity contribution in [3.63, 3.8) is 0 Å². The summed E-state index contributed by atoms with van der Waals surface area (Å²) >= 11 is 13.5. The molecule has 1 N–H and O–H groups in total. The van der Waals surface area contributed by atoms with Crippen molar-refractivity contribution in [1.29, 1.82) is 0 Å². The molecule has 6 nitrogen and oxygen atoms in total. The first-order valence-electron chi connectivity index (χ1n) is 11.2. The van der Waals surface area contributed by atoms with Crippen molar-refractivity contribution < 1.29 is 26.7 Å². The fraction of sp³-hybridized carbons (Fsp3) is 0.435. The molecule has 4 rings (SSSR count). The fourth-order valence-corrected chi connectivity index (χ4v) is 5.80. The zero-order chi connectivity index (χ0) is 27.1. The molecule has 1 aromatic carbocycles. The fourth-order valence-electron chi connectivity index (χ4n) is 4.55. The Bertz CT molecular complexity index is 1310. The lowest BCUT2D eigenvalue weighted by Gasteiger charge is -2.37. The van der Waals surface area contributed by atoms with Gasteiger partial charge in [-0.05, 0) is 49.9 Å². The quantitative estimate of drug-likeness (QED) is 0.249. The third-order valence-corrected chi connectivity index (χ3v) is 7.83. The minimum absolute atomic E-state index is 0.146. The number of amides is 1. The summed E-state index contributed by atoms with van der Waals surface area (Å²) in [6.45, 7) is 0. The molecule has 2 heterocycles. The average molecular weight is 582 g/mol. The topological polar surface area (TPSA) is 63.1 Å². The van der Waals surface area contributed by atoms with Gasteiger partial charge in [0.2, 0.25) is 0 Å². The number of alkyl halides is 5. The summed E-state index contributed by atoms with van der Waals surface area (Å²) in [6.07, 6.45) is -3.75. The molecule has 0 aliphatic heterocycles. The van der Waals surface area contributed by atoms with Crippen molar-refractivity contribution in [3.8, 4) is 0 Å². The molecule has 0 radical (unpaired) electrons. The monoisotopic (exact) mass is 581 g/mol. The summed E-state index contributed by atoms with van der Waals surface area (Å²) in [5.74, 6) is -0.733. The number of rotatable bonds is 6. The van der Waals surface area contributed by atoms with E-state index in [1.165, 1.54) is 31.1 Å². The number of nitrogens with zero attached hydrogens (tertiary/aromatic N) is 4. The van der Waals surface area contributed by atoms with Gasteiger partial charge in [0.05, 0.1) is 11.2 Å². The number of carbonyl (C=O) groups excluding carboxylic acids is 1. The van der Waals surface area contributed by atoms with Crippen LogP contribution in [0, 0.1) is 0 Å². The first-order chi connectivity index (χ1) is 17.4. The second kappa shape index (κ2) is 10.8. The molecule has 1 aliphatic rings. The van der Waals surface area contributed by atoms with E-state index in [1.54, 1.807) is 12.3 Å². The smallest absolute Gasteiger partial charge is 0.349 e. The normalized spacial score (nSPS) is 18.4. The molecule has 0 unspecified atom stereocenters. The number of hydrogen-bond acceptors (Lipinski definition) is 5. The SMILES string of the molecule is CSN(c1cc(C(F)(F)F)nc2ccc(Cl)cc12)C1CCC(NC(=O)c2c(C(F)F)nn(C)c2Cl)CC1. The third kappa shape index (κ3) is 5.75. The van der Waals surface area contributed by atoms with Gasteiger partial charge >= 0.3 is 6.18 Å². The van der Waals surface area contributed by atoms with E-state index in [4.69, 9.17) is 23.2 Å². The van der Waals surface area contributed by atoms with Crippen LogP contribution in [-0.4, -0.2) is 39.0 Å². The molecule has 0 bridgehead atoms. The maximum atomic E-state index is 13.6. The van der Waals surface area contributed by atoms with Crippen LogP contribution in [0.5, 0.6) is 0 Å². The van der Waals surface area contributed by atoms with Crippen LogP contribution in [-0.2, 0) is 13.2 Å². The van der Waals surface area contributed by atoms with Crippen molar-refractivity contribution >= 4 is 57.6 Å². The third-order valence-electron chi connectivity index (χ3n) is 6.28. The first-order valence-corrected chi connectivity index (χ1v) is 13.2. The number of hydrogen-bond donors (Lipinski definition) is 1. The van der Waals surface area contributed by atoms with Crippen molar-refractivity contribution in [2.75, 3.05) is 10.6 Å². The minimum Gasteiger partial charge on any atom is -0.349 e. The molecule has 14 heteroatoms. The number of aryl methyl sites for hydroxylation is 1. The summed E-state index contributed by atoms with van der Waals surface area (Å²) in [6, 6.07) is 5.10. The van der Waals surface area contributed by atoms with Crippen LogP contribution >= 0.6 is 35.1 Å². The molecule has 0 saturated heterocycles. The van der Waals surface area contributed by atoms with Gasteiger partial charge in [-0.2, -0.15) is 18.3 Å². The van der Waals surface area contributed by atoms with E-state index in [9.17, 15) is 26.7 Å². The van der Waals surface area contributed by atoms with Gasteiger partial charge in [0.15, 0.2) is 0 Å². The Morgan fingerprint density at radius 1 is 1.19 bits per heavy atom. The zero-order valence-electron chi connectivity index (χ0n) is 19.6. The van der Waals surface area contributed by atoms with Gasteiger partial charge < -0.3 is 9.62 Å². The molecule has 2 aromatic heterocycles. The summed E-state index contributed by atoms with van der Waals surface area (Å²) in [7, 11) is 1.37. The van der Waals surface area contributed by atoms with Crippen LogP contribution in [0.25, 0.3) is 10.9 Å². The van der Waals surface area contributed by atoms with E-state index in [0.29, 0.717) is 41.8 Å². The first kappa shape index (κ1) is 27.7. The van der Waals surface area contributed by atoms with Gasteiger partial charge in [0, 0.05) is 35.8 Å². The Labute approximate surface area is 223 Å². The van der Waals surface area contributed by atoms with Gasteiger partial charge in [-0.25, -0.2) is 13.8 Å². The molecule has 1 aliphatic carbocycles. The number of fused-ring (bicyclic) bond motifs is 1. The number of nitrogens with one attached hydrogen (secondary N) is 1. The lowest BCUT2D eigenvalue weighted by molar-refractivity contribution is -0.140. The number of carbonyl (C=O) groups is 1. The Balaban J connectivity index is 1.54. The Morgan fingerprint density at radius 2 is 1.86 bits per heavy atom. The Morgan fingerprint density at radius 3 is 2.46 bits per heavy atom. The molecular weight excluding hydrogens is 560 g/mol. The zero-order valence-corrected chi connectivity index (χ0v) is 21.9. The van der Waals surface area contributed by atoms with Gasteiger partial charge in [-0.15, -0.1) is 0 Å². The van der Waals surface area contributed by atoms with Crippen molar-refractivity contribution in [2.45, 2.75) is 50.4 Å². The average Bonchev–Trinajstić information content (AvgIpc) is 3.14. The summed E-state index contributed by atoms with van der Waals surface area (Å²) in [4.78, 5) is 16.5. The highest BCUT2D eigenvalue weighted by atomic mass is 35.5. The molecule has 1 saturated carbocycles. The lowest BCUT2D eigenvalue weighted by atomic mass is 9.90. The number of aromatic nitrogens is 3. The largest absolute Gasteiger partial charge is 0.433 e. The highest BCUT2D eigenvalue weighted by molar-refractivity contribution is 8.00. The van der Waals surface area contributed by atoms with Gasteiger partial charge in [0.25, 0.3) is 12.3 Å². The number of halogens is 7. The highest BCUT2D eigenvalue weighted by Crippen LogP contribution is 2.40. The van der Waals surface area contributed by atoms with E-state index in [-0.39, 0.29) is 28.3 Å².